The van der Waals surface area contributed by atoms with E-state index in [9.17, 15) is 18.0 Å². The van der Waals surface area contributed by atoms with Crippen molar-refractivity contribution < 1.29 is 27.5 Å². The molecule has 1 aromatic heterocycles. The molecule has 1 amide bonds. The number of anilines is 1. The zero-order valence-corrected chi connectivity index (χ0v) is 12.0. The molecule has 1 aliphatic rings. The molecule has 9 heteroatoms. The zero-order chi connectivity index (χ0) is 16.6. The lowest BCUT2D eigenvalue weighted by atomic mass is 10.2. The van der Waals surface area contributed by atoms with Crippen LogP contribution in [-0.4, -0.2) is 53.7 Å². The maximum Gasteiger partial charge on any atom is 0.416 e. The van der Waals surface area contributed by atoms with E-state index in [0.717, 1.165) is 12.1 Å². The normalized spacial score (nSPS) is 16.2. The Morgan fingerprint density at radius 3 is 2.57 bits per heavy atom. The molecule has 0 atom stereocenters. The van der Waals surface area contributed by atoms with Gasteiger partial charge in [0.1, 0.15) is 12.1 Å². The molecule has 0 radical (unpaired) electrons. The minimum atomic E-state index is -4.43. The molecule has 3 rings (SSSR count). The minimum Gasteiger partial charge on any atom is -0.423 e. The van der Waals surface area contributed by atoms with E-state index in [1.807, 2.05) is 0 Å². The molecule has 1 fully saturated rings. The molecule has 0 bridgehead atoms. The van der Waals surface area contributed by atoms with Crippen molar-refractivity contribution in [1.82, 2.24) is 9.88 Å². The van der Waals surface area contributed by atoms with Gasteiger partial charge in [0, 0.05) is 26.2 Å². The van der Waals surface area contributed by atoms with Crippen LogP contribution in [0.15, 0.2) is 22.6 Å². The fourth-order valence-electron chi connectivity index (χ4n) is 2.47. The summed E-state index contributed by atoms with van der Waals surface area (Å²) in [7, 11) is 0. The molecule has 6 nitrogen and oxygen atoms in total. The van der Waals surface area contributed by atoms with Crippen molar-refractivity contribution in [2.75, 3.05) is 37.7 Å². The molecule has 124 valence electrons. The van der Waals surface area contributed by atoms with Gasteiger partial charge in [-0.3, -0.25) is 4.79 Å². The number of carbonyl (C=O) groups is 1. The summed E-state index contributed by atoms with van der Waals surface area (Å²) < 4.78 is 43.6. The molecule has 2 aromatic rings. The number of hydrogen-bond donors (Lipinski definition) is 1. The average molecular weight is 329 g/mol. The lowest BCUT2D eigenvalue weighted by molar-refractivity contribution is -0.137. The maximum atomic E-state index is 12.7. The Morgan fingerprint density at radius 2 is 1.96 bits per heavy atom. The Kier molecular flexibility index (Phi) is 3.88. The highest BCUT2D eigenvalue weighted by atomic mass is 19.4. The van der Waals surface area contributed by atoms with E-state index in [1.54, 1.807) is 4.90 Å². The van der Waals surface area contributed by atoms with Crippen LogP contribution in [0.4, 0.5) is 19.2 Å². The highest BCUT2D eigenvalue weighted by Gasteiger charge is 2.31. The monoisotopic (exact) mass is 329 g/mol. The van der Waals surface area contributed by atoms with Crippen LogP contribution in [-0.2, 0) is 11.0 Å². The molecule has 23 heavy (non-hydrogen) atoms. The summed E-state index contributed by atoms with van der Waals surface area (Å²) >= 11 is 0. The number of piperazine rings is 1. The fraction of sp³-hybridized carbons (Fsp3) is 0.429. The third-order valence-corrected chi connectivity index (χ3v) is 3.74. The predicted octanol–water partition coefficient (Wildman–Crippen LogP) is 1.49. The van der Waals surface area contributed by atoms with Gasteiger partial charge >= 0.3 is 6.18 Å². The van der Waals surface area contributed by atoms with Gasteiger partial charge in [0.15, 0.2) is 5.58 Å². The van der Waals surface area contributed by atoms with Gasteiger partial charge in [-0.1, -0.05) is 0 Å². The summed E-state index contributed by atoms with van der Waals surface area (Å²) in [4.78, 5) is 18.8. The van der Waals surface area contributed by atoms with Gasteiger partial charge in [-0.05, 0) is 18.2 Å². The van der Waals surface area contributed by atoms with Crippen LogP contribution in [0, 0.1) is 0 Å². The van der Waals surface area contributed by atoms with E-state index in [0.29, 0.717) is 26.2 Å². The van der Waals surface area contributed by atoms with Crippen LogP contribution < -0.4 is 4.90 Å². The number of hydrogen-bond acceptors (Lipinski definition) is 5. The van der Waals surface area contributed by atoms with Gasteiger partial charge in [-0.15, -0.1) is 0 Å². The van der Waals surface area contributed by atoms with E-state index in [2.05, 4.69) is 4.98 Å². The third kappa shape index (κ3) is 3.09. The first kappa shape index (κ1) is 15.6. The lowest BCUT2D eigenvalue weighted by Crippen LogP contribution is -2.49. The van der Waals surface area contributed by atoms with E-state index in [4.69, 9.17) is 9.52 Å². The number of nitrogens with zero attached hydrogens (tertiary/aromatic N) is 3. The van der Waals surface area contributed by atoms with Crippen molar-refractivity contribution in [2.24, 2.45) is 0 Å². The quantitative estimate of drug-likeness (QED) is 0.904. The first-order valence-corrected chi connectivity index (χ1v) is 7.00. The Morgan fingerprint density at radius 1 is 1.26 bits per heavy atom. The van der Waals surface area contributed by atoms with Crippen molar-refractivity contribution in [3.05, 3.63) is 23.8 Å². The number of alkyl halides is 3. The van der Waals surface area contributed by atoms with Crippen molar-refractivity contribution in [3.8, 4) is 0 Å². The van der Waals surface area contributed by atoms with Crippen LogP contribution in [0.5, 0.6) is 0 Å². The first-order chi connectivity index (χ1) is 10.9. The van der Waals surface area contributed by atoms with E-state index in [1.165, 1.54) is 11.0 Å². The van der Waals surface area contributed by atoms with Gasteiger partial charge in [-0.2, -0.15) is 18.2 Å². The highest BCUT2D eigenvalue weighted by Crippen LogP contribution is 2.32. The number of oxazole rings is 1. The maximum absolute atomic E-state index is 12.7. The number of halogens is 3. The van der Waals surface area contributed by atoms with Gasteiger partial charge in [0.25, 0.3) is 6.01 Å². The Balaban J connectivity index is 1.78. The number of amides is 1. The second kappa shape index (κ2) is 5.73. The van der Waals surface area contributed by atoms with Crippen molar-refractivity contribution >= 4 is 23.0 Å². The number of fused-ring (bicyclic) bond motifs is 1. The summed E-state index contributed by atoms with van der Waals surface area (Å²) in [6.07, 6.45) is -4.43. The van der Waals surface area contributed by atoms with E-state index < -0.39 is 18.3 Å². The Labute approximate surface area is 129 Å². The molecule has 1 saturated heterocycles. The largest absolute Gasteiger partial charge is 0.423 e. The van der Waals surface area contributed by atoms with Crippen LogP contribution >= 0.6 is 0 Å². The standard InChI is InChI=1S/C14H14F3N3O3/c15-14(16,17)9-1-2-11-10(7-9)18-13(23-11)20-5-3-19(4-6-20)12(22)8-21/h1-2,7,21H,3-6,8H2. The average Bonchev–Trinajstić information content (AvgIpc) is 2.96. The fourth-order valence-corrected chi connectivity index (χ4v) is 2.47. The molecule has 2 heterocycles. The van der Waals surface area contributed by atoms with Crippen LogP contribution in [0.1, 0.15) is 5.56 Å². The lowest BCUT2D eigenvalue weighted by Gasteiger charge is -2.33. The second-order valence-electron chi connectivity index (χ2n) is 5.20. The SMILES string of the molecule is O=C(CO)N1CCN(c2nc3cc(C(F)(F)F)ccc3o2)CC1. The highest BCUT2D eigenvalue weighted by molar-refractivity contribution is 5.78. The van der Waals surface area contributed by atoms with Crippen molar-refractivity contribution in [3.63, 3.8) is 0 Å². The van der Waals surface area contributed by atoms with Crippen molar-refractivity contribution in [2.45, 2.75) is 6.18 Å². The number of aliphatic hydroxyl groups is 1. The van der Waals surface area contributed by atoms with Gasteiger partial charge in [-0.25, -0.2) is 0 Å². The van der Waals surface area contributed by atoms with Crippen LogP contribution in [0.3, 0.4) is 0 Å². The summed E-state index contributed by atoms with van der Waals surface area (Å²) in [5.74, 6) is -0.350. The first-order valence-electron chi connectivity index (χ1n) is 7.00. The molecule has 1 aliphatic heterocycles. The topological polar surface area (TPSA) is 69.8 Å². The third-order valence-electron chi connectivity index (χ3n) is 3.74. The molecule has 0 spiro atoms. The van der Waals surface area contributed by atoms with Gasteiger partial charge in [0.2, 0.25) is 5.91 Å². The number of carbonyl (C=O) groups excluding carboxylic acids is 1. The van der Waals surface area contributed by atoms with E-state index in [-0.39, 0.29) is 23.0 Å². The van der Waals surface area contributed by atoms with E-state index >= 15 is 0 Å². The molecular weight excluding hydrogens is 315 g/mol. The van der Waals surface area contributed by atoms with Crippen molar-refractivity contribution in [1.29, 1.82) is 0 Å². The Hall–Kier alpha value is -2.29. The summed E-state index contributed by atoms with van der Waals surface area (Å²) in [6, 6.07) is 3.39. The minimum absolute atomic E-state index is 0.142. The van der Waals surface area contributed by atoms with Crippen LogP contribution in [0.2, 0.25) is 0 Å². The number of benzene rings is 1. The number of aliphatic hydroxyl groups excluding tert-OH is 1. The number of aromatic nitrogens is 1. The van der Waals surface area contributed by atoms with Gasteiger partial charge in [0.05, 0.1) is 5.56 Å². The molecule has 1 N–H and O–H groups in total. The second-order valence-corrected chi connectivity index (χ2v) is 5.20. The molecule has 0 aliphatic carbocycles. The molecule has 1 aromatic carbocycles. The van der Waals surface area contributed by atoms with Crippen LogP contribution in [0.25, 0.3) is 11.1 Å². The molecule has 0 unspecified atom stereocenters. The Bertz CT molecular complexity index is 721. The summed E-state index contributed by atoms with van der Waals surface area (Å²) in [5, 5.41) is 8.83. The van der Waals surface area contributed by atoms with Gasteiger partial charge < -0.3 is 19.3 Å². The predicted molar refractivity (Wildman–Crippen MR) is 74.9 cm³/mol. The smallest absolute Gasteiger partial charge is 0.416 e. The summed E-state index contributed by atoms with van der Waals surface area (Å²) in [5.41, 5.74) is -0.353. The zero-order valence-electron chi connectivity index (χ0n) is 12.0. The molecular formula is C14H14F3N3O3. The summed E-state index contributed by atoms with van der Waals surface area (Å²) in [6.45, 7) is 1.12. The number of rotatable bonds is 2. The molecule has 0 saturated carbocycles.